The molecular formula is C10H16O4S3. The molecular weight excluding hydrogens is 280 g/mol. The van der Waals surface area contributed by atoms with Crippen molar-refractivity contribution in [3.63, 3.8) is 0 Å². The van der Waals surface area contributed by atoms with Gasteiger partial charge in [0.15, 0.2) is 0 Å². The quantitative estimate of drug-likeness (QED) is 0.405. The molecule has 1 heterocycles. The summed E-state index contributed by atoms with van der Waals surface area (Å²) in [5.74, 6) is -0.298. The van der Waals surface area contributed by atoms with Gasteiger partial charge in [-0.25, -0.2) is 0 Å². The molecule has 1 unspecified atom stereocenters. The average molecular weight is 296 g/mol. The third-order valence-corrected chi connectivity index (χ3v) is 5.90. The van der Waals surface area contributed by atoms with Crippen molar-refractivity contribution in [2.45, 2.75) is 31.8 Å². The van der Waals surface area contributed by atoms with E-state index >= 15 is 0 Å². The molecule has 1 rings (SSSR count). The lowest BCUT2D eigenvalue weighted by molar-refractivity contribution is -0.145. The molecule has 98 valence electrons. The number of carbonyl (C=O) groups excluding carboxylic acids is 1. The van der Waals surface area contributed by atoms with Crippen molar-refractivity contribution >= 4 is 37.4 Å². The van der Waals surface area contributed by atoms with Gasteiger partial charge in [-0.15, -0.1) is 0 Å². The number of aliphatic hydroxyl groups excluding tert-OH is 2. The Labute approximate surface area is 112 Å². The fraction of sp³-hybridized carbons (Fsp3) is 0.700. The molecule has 0 aromatic heterocycles. The Morgan fingerprint density at radius 3 is 2.94 bits per heavy atom. The molecule has 17 heavy (non-hydrogen) atoms. The molecule has 7 heteroatoms. The van der Waals surface area contributed by atoms with E-state index in [4.69, 9.17) is 9.84 Å². The maximum absolute atomic E-state index is 11.4. The minimum absolute atomic E-state index is 0.0441. The van der Waals surface area contributed by atoms with Crippen molar-refractivity contribution in [2.75, 3.05) is 13.2 Å². The molecule has 0 radical (unpaired) electrons. The third-order valence-electron chi connectivity index (χ3n) is 2.06. The van der Waals surface area contributed by atoms with Crippen molar-refractivity contribution in [3.05, 3.63) is 10.3 Å². The van der Waals surface area contributed by atoms with Crippen LogP contribution in [0.2, 0.25) is 0 Å². The molecule has 0 aliphatic carbocycles. The second-order valence-corrected chi connectivity index (χ2v) is 7.53. The molecule has 0 spiro atoms. The highest BCUT2D eigenvalue weighted by Crippen LogP contribution is 2.49. The zero-order chi connectivity index (χ0) is 12.5. The average Bonchev–Trinajstić information content (AvgIpc) is 2.79. The van der Waals surface area contributed by atoms with Crippen LogP contribution >= 0.6 is 31.4 Å². The van der Waals surface area contributed by atoms with Gasteiger partial charge in [-0.05, 0) is 45.3 Å². The van der Waals surface area contributed by atoms with Crippen molar-refractivity contribution in [1.82, 2.24) is 0 Å². The summed E-state index contributed by atoms with van der Waals surface area (Å²) in [6, 6.07) is 0. The smallest absolute Gasteiger partial charge is 0.310 e. The van der Waals surface area contributed by atoms with E-state index in [9.17, 15) is 9.90 Å². The van der Waals surface area contributed by atoms with Crippen LogP contribution in [0, 0.1) is 0 Å². The first kappa shape index (κ1) is 15.2. The van der Waals surface area contributed by atoms with Gasteiger partial charge in [0.2, 0.25) is 0 Å². The highest BCUT2D eigenvalue weighted by Gasteiger charge is 2.14. The molecule has 1 atom stereocenters. The fourth-order valence-electron chi connectivity index (χ4n) is 1.18. The lowest BCUT2D eigenvalue weighted by Crippen LogP contribution is -2.18. The van der Waals surface area contributed by atoms with Crippen LogP contribution in [0.1, 0.15) is 25.7 Å². The van der Waals surface area contributed by atoms with Crippen molar-refractivity contribution in [2.24, 2.45) is 0 Å². The summed E-state index contributed by atoms with van der Waals surface area (Å²) in [4.78, 5) is 12.4. The van der Waals surface area contributed by atoms with Gasteiger partial charge < -0.3 is 14.9 Å². The second kappa shape index (κ2) is 9.16. The van der Waals surface area contributed by atoms with Crippen LogP contribution in [0.3, 0.4) is 0 Å². The third kappa shape index (κ3) is 7.25. The highest BCUT2D eigenvalue weighted by molar-refractivity contribution is 9.11. The monoisotopic (exact) mass is 296 g/mol. The van der Waals surface area contributed by atoms with Gasteiger partial charge in [-0.1, -0.05) is 10.8 Å². The fourth-order valence-corrected chi connectivity index (χ4v) is 5.07. The molecule has 0 saturated heterocycles. The van der Waals surface area contributed by atoms with Crippen LogP contribution in [0.5, 0.6) is 0 Å². The summed E-state index contributed by atoms with van der Waals surface area (Å²) in [5, 5.41) is 20.0. The van der Waals surface area contributed by atoms with Crippen molar-refractivity contribution < 1.29 is 19.7 Å². The van der Waals surface area contributed by atoms with E-state index < -0.39 is 6.10 Å². The Kier molecular flexibility index (Phi) is 8.21. The van der Waals surface area contributed by atoms with E-state index in [1.165, 1.54) is 0 Å². The number of rotatable bonds is 8. The van der Waals surface area contributed by atoms with Gasteiger partial charge in [0.05, 0.1) is 12.5 Å². The Balaban J connectivity index is 2.06. The molecule has 4 nitrogen and oxygen atoms in total. The number of esters is 1. The van der Waals surface area contributed by atoms with Crippen molar-refractivity contribution in [1.29, 1.82) is 0 Å². The van der Waals surface area contributed by atoms with Gasteiger partial charge in [0.25, 0.3) is 0 Å². The summed E-state index contributed by atoms with van der Waals surface area (Å²) in [5.41, 5.74) is 0. The summed E-state index contributed by atoms with van der Waals surface area (Å²) < 4.78 is 4.97. The van der Waals surface area contributed by atoms with Crippen molar-refractivity contribution in [3.8, 4) is 0 Å². The second-order valence-electron chi connectivity index (χ2n) is 3.56. The zero-order valence-corrected chi connectivity index (χ0v) is 11.8. The van der Waals surface area contributed by atoms with E-state index in [-0.39, 0.29) is 25.6 Å². The van der Waals surface area contributed by atoms with Gasteiger partial charge in [0, 0.05) is 11.5 Å². The molecule has 0 aromatic carbocycles. The number of ether oxygens (including phenoxy) is 1. The molecule has 0 fully saturated rings. The molecule has 0 bridgehead atoms. The molecule has 0 saturated carbocycles. The number of hydrogen-bond acceptors (Lipinski definition) is 7. The van der Waals surface area contributed by atoms with Crippen LogP contribution in [-0.4, -0.2) is 35.5 Å². The Bertz CT molecular complexity index is 270. The highest BCUT2D eigenvalue weighted by atomic mass is 33.5. The van der Waals surface area contributed by atoms with Crippen LogP contribution in [-0.2, 0) is 9.53 Å². The molecule has 0 amide bonds. The topological polar surface area (TPSA) is 66.8 Å². The van der Waals surface area contributed by atoms with E-state index in [0.29, 0.717) is 12.8 Å². The van der Waals surface area contributed by atoms with Gasteiger partial charge in [-0.3, -0.25) is 4.79 Å². The minimum Gasteiger partial charge on any atom is -0.463 e. The summed E-state index contributed by atoms with van der Waals surface area (Å²) >= 11 is 0. The minimum atomic E-state index is -0.625. The largest absolute Gasteiger partial charge is 0.463 e. The molecule has 2 N–H and O–H groups in total. The Morgan fingerprint density at radius 2 is 2.29 bits per heavy atom. The number of aliphatic hydroxyl groups is 2. The molecule has 1 aliphatic rings. The number of carbonyl (C=O) groups is 1. The van der Waals surface area contributed by atoms with Gasteiger partial charge in [0.1, 0.15) is 6.61 Å². The van der Waals surface area contributed by atoms with E-state index in [0.717, 1.165) is 11.3 Å². The normalized spacial score (nSPS) is 16.7. The Morgan fingerprint density at radius 1 is 1.47 bits per heavy atom. The number of hydrogen-bond donors (Lipinski definition) is 2. The van der Waals surface area contributed by atoms with Crippen LogP contribution in [0.25, 0.3) is 0 Å². The number of unbranched alkanes of at least 4 members (excludes halogenated alkanes) is 1. The van der Waals surface area contributed by atoms with Gasteiger partial charge in [-0.2, -0.15) is 0 Å². The van der Waals surface area contributed by atoms with Crippen LogP contribution < -0.4 is 0 Å². The van der Waals surface area contributed by atoms with E-state index in [1.807, 2.05) is 5.41 Å². The van der Waals surface area contributed by atoms with Crippen LogP contribution in [0.15, 0.2) is 10.3 Å². The van der Waals surface area contributed by atoms with E-state index in [2.05, 4.69) is 0 Å². The first-order chi connectivity index (χ1) is 8.22. The molecule has 0 aromatic rings. The maximum Gasteiger partial charge on any atom is 0.310 e. The lowest BCUT2D eigenvalue weighted by Gasteiger charge is -2.10. The predicted molar refractivity (Wildman–Crippen MR) is 73.4 cm³/mol. The first-order valence-electron chi connectivity index (χ1n) is 5.36. The SMILES string of the molecule is O=C(CC1=CSSS1)OCC(O)CCCCO. The van der Waals surface area contributed by atoms with E-state index in [1.54, 1.807) is 31.4 Å². The predicted octanol–water partition coefficient (Wildman–Crippen LogP) is 2.33. The summed E-state index contributed by atoms with van der Waals surface area (Å²) in [6.45, 7) is 0.176. The maximum atomic E-state index is 11.4. The van der Waals surface area contributed by atoms with Gasteiger partial charge >= 0.3 is 5.97 Å². The first-order valence-corrected chi connectivity index (χ1v) is 8.90. The molecule has 1 aliphatic heterocycles. The standard InChI is InChI=1S/C10H16O4S3/c11-4-2-1-3-8(12)6-14-10(13)5-9-7-15-17-16-9/h7-8,11-12H,1-6H2. The lowest BCUT2D eigenvalue weighted by atomic mass is 10.2. The zero-order valence-electron chi connectivity index (χ0n) is 9.33. The summed E-state index contributed by atoms with van der Waals surface area (Å²) in [6.07, 6.45) is 1.62. The summed E-state index contributed by atoms with van der Waals surface area (Å²) in [7, 11) is 4.79. The Hall–Kier alpha value is 0.180. The van der Waals surface area contributed by atoms with Crippen LogP contribution in [0.4, 0.5) is 0 Å².